The summed E-state index contributed by atoms with van der Waals surface area (Å²) in [5.41, 5.74) is 1.29. The van der Waals surface area contributed by atoms with Crippen LogP contribution in [-0.2, 0) is 0 Å². The Morgan fingerprint density at radius 3 is 2.42 bits per heavy atom. The lowest BCUT2D eigenvalue weighted by molar-refractivity contribution is -0.385. The molecule has 2 aromatic rings. The van der Waals surface area contributed by atoms with Crippen LogP contribution in [0.4, 0.5) is 15.8 Å². The van der Waals surface area contributed by atoms with Gasteiger partial charge in [-0.15, -0.1) is 0 Å². The van der Waals surface area contributed by atoms with Gasteiger partial charge in [-0.3, -0.25) is 14.9 Å². The molecule has 0 N–H and O–H groups in total. The van der Waals surface area contributed by atoms with Crippen molar-refractivity contribution in [2.75, 3.05) is 25.1 Å². The maximum atomic E-state index is 13.0. The highest BCUT2D eigenvalue weighted by molar-refractivity contribution is 5.98. The molecule has 26 heavy (non-hydrogen) atoms. The zero-order chi connectivity index (χ0) is 18.7. The molecule has 0 atom stereocenters. The summed E-state index contributed by atoms with van der Waals surface area (Å²) in [6.07, 6.45) is 1.35. The second kappa shape index (κ2) is 7.51. The van der Waals surface area contributed by atoms with E-state index in [4.69, 9.17) is 4.74 Å². The summed E-state index contributed by atoms with van der Waals surface area (Å²) in [6.45, 7) is 1.33. The van der Waals surface area contributed by atoms with Crippen molar-refractivity contribution in [3.8, 4) is 5.75 Å². The number of anilines is 1. The first-order valence-electron chi connectivity index (χ1n) is 8.36. The number of hydrogen-bond acceptors (Lipinski definition) is 5. The van der Waals surface area contributed by atoms with Gasteiger partial charge < -0.3 is 9.64 Å². The van der Waals surface area contributed by atoms with Crippen LogP contribution >= 0.6 is 0 Å². The SMILES string of the molecule is COc1cc(N2CCC(C(=O)c3ccc(F)cc3)CC2)ccc1[N+](=O)[O-]. The normalized spacial score (nSPS) is 14.9. The van der Waals surface area contributed by atoms with Crippen LogP contribution in [0.15, 0.2) is 42.5 Å². The van der Waals surface area contributed by atoms with Crippen molar-refractivity contribution >= 4 is 17.2 Å². The second-order valence-electron chi connectivity index (χ2n) is 6.25. The zero-order valence-corrected chi connectivity index (χ0v) is 14.4. The van der Waals surface area contributed by atoms with Crippen molar-refractivity contribution < 1.29 is 18.8 Å². The van der Waals surface area contributed by atoms with Crippen LogP contribution in [-0.4, -0.2) is 30.9 Å². The molecule has 0 aliphatic carbocycles. The molecule has 1 saturated heterocycles. The van der Waals surface area contributed by atoms with Crippen LogP contribution in [0, 0.1) is 21.8 Å². The lowest BCUT2D eigenvalue weighted by Gasteiger charge is -2.33. The lowest BCUT2D eigenvalue weighted by Crippen LogP contribution is -2.36. The molecule has 1 aliphatic rings. The van der Waals surface area contributed by atoms with E-state index in [1.165, 1.54) is 37.4 Å². The molecule has 136 valence electrons. The third kappa shape index (κ3) is 3.66. The highest BCUT2D eigenvalue weighted by Gasteiger charge is 2.27. The van der Waals surface area contributed by atoms with E-state index >= 15 is 0 Å². The fourth-order valence-corrected chi connectivity index (χ4v) is 3.26. The fraction of sp³-hybridized carbons (Fsp3) is 0.316. The molecule has 0 spiro atoms. The average molecular weight is 358 g/mol. The second-order valence-corrected chi connectivity index (χ2v) is 6.25. The first-order chi connectivity index (χ1) is 12.5. The van der Waals surface area contributed by atoms with Crippen molar-refractivity contribution in [2.24, 2.45) is 5.92 Å². The Morgan fingerprint density at radius 1 is 1.19 bits per heavy atom. The molecular formula is C19H19FN2O4. The van der Waals surface area contributed by atoms with Gasteiger partial charge in [0.15, 0.2) is 11.5 Å². The van der Waals surface area contributed by atoms with E-state index in [-0.39, 0.29) is 29.0 Å². The number of piperidine rings is 1. The van der Waals surface area contributed by atoms with Crippen molar-refractivity contribution in [3.63, 3.8) is 0 Å². The molecule has 0 amide bonds. The van der Waals surface area contributed by atoms with Gasteiger partial charge in [-0.2, -0.15) is 0 Å². The van der Waals surface area contributed by atoms with Crippen LogP contribution in [0.3, 0.4) is 0 Å². The predicted octanol–water partition coefficient (Wildman–Crippen LogP) is 3.84. The Hall–Kier alpha value is -2.96. The highest BCUT2D eigenvalue weighted by atomic mass is 19.1. The van der Waals surface area contributed by atoms with Crippen LogP contribution in [0.5, 0.6) is 5.75 Å². The van der Waals surface area contributed by atoms with Crippen molar-refractivity contribution in [2.45, 2.75) is 12.8 Å². The first-order valence-corrected chi connectivity index (χ1v) is 8.36. The van der Waals surface area contributed by atoms with E-state index in [2.05, 4.69) is 4.90 Å². The Morgan fingerprint density at radius 2 is 1.85 bits per heavy atom. The number of nitro groups is 1. The van der Waals surface area contributed by atoms with E-state index in [9.17, 15) is 19.3 Å². The Labute approximate surface area is 150 Å². The van der Waals surface area contributed by atoms with E-state index in [1.807, 2.05) is 0 Å². The van der Waals surface area contributed by atoms with E-state index in [0.717, 1.165) is 5.69 Å². The van der Waals surface area contributed by atoms with Crippen molar-refractivity contribution in [1.82, 2.24) is 0 Å². The third-order valence-electron chi connectivity index (χ3n) is 4.72. The summed E-state index contributed by atoms with van der Waals surface area (Å²) in [5.74, 6) is -0.205. The molecule has 6 nitrogen and oxygen atoms in total. The number of carbonyl (C=O) groups is 1. The average Bonchev–Trinajstić information content (AvgIpc) is 2.67. The van der Waals surface area contributed by atoms with Crippen LogP contribution in [0.2, 0.25) is 0 Å². The summed E-state index contributed by atoms with van der Waals surface area (Å²) >= 11 is 0. The van der Waals surface area contributed by atoms with Crippen molar-refractivity contribution in [3.05, 3.63) is 64.0 Å². The zero-order valence-electron chi connectivity index (χ0n) is 14.4. The number of methoxy groups -OCH3 is 1. The molecule has 3 rings (SSSR count). The molecule has 0 saturated carbocycles. The Kier molecular flexibility index (Phi) is 5.16. The van der Waals surface area contributed by atoms with Gasteiger partial charge >= 0.3 is 5.69 Å². The molecule has 0 aromatic heterocycles. The van der Waals surface area contributed by atoms with Gasteiger partial charge in [-0.25, -0.2) is 4.39 Å². The summed E-state index contributed by atoms with van der Waals surface area (Å²) < 4.78 is 18.1. The topological polar surface area (TPSA) is 72.7 Å². The molecule has 1 heterocycles. The Bertz CT molecular complexity index is 815. The number of nitrogens with zero attached hydrogens (tertiary/aromatic N) is 2. The van der Waals surface area contributed by atoms with Crippen LogP contribution < -0.4 is 9.64 Å². The minimum Gasteiger partial charge on any atom is -0.490 e. The molecule has 2 aromatic carbocycles. The Balaban J connectivity index is 1.67. The number of ether oxygens (including phenoxy) is 1. The van der Waals surface area contributed by atoms with Crippen LogP contribution in [0.25, 0.3) is 0 Å². The standard InChI is InChI=1S/C19H19FN2O4/c1-26-18-12-16(6-7-17(18)22(24)25)21-10-8-14(9-11-21)19(23)13-2-4-15(20)5-3-13/h2-7,12,14H,8-11H2,1H3. The molecular weight excluding hydrogens is 339 g/mol. The van der Waals surface area contributed by atoms with Gasteiger partial charge in [-0.05, 0) is 43.2 Å². The minimum atomic E-state index is -0.476. The van der Waals surface area contributed by atoms with Crippen molar-refractivity contribution in [1.29, 1.82) is 0 Å². The quantitative estimate of drug-likeness (QED) is 0.461. The van der Waals surface area contributed by atoms with Gasteiger partial charge in [0.2, 0.25) is 0 Å². The molecule has 7 heteroatoms. The maximum Gasteiger partial charge on any atom is 0.311 e. The number of benzene rings is 2. The van der Waals surface area contributed by atoms with Gasteiger partial charge in [-0.1, -0.05) is 0 Å². The lowest BCUT2D eigenvalue weighted by atomic mass is 9.88. The number of rotatable bonds is 5. The van der Waals surface area contributed by atoms with Crippen LogP contribution in [0.1, 0.15) is 23.2 Å². The summed E-state index contributed by atoms with van der Waals surface area (Å²) in [4.78, 5) is 25.1. The molecule has 0 bridgehead atoms. The van der Waals surface area contributed by atoms with Gasteiger partial charge in [0, 0.05) is 42.4 Å². The molecule has 1 aliphatic heterocycles. The number of ketones is 1. The van der Waals surface area contributed by atoms with Gasteiger partial charge in [0.1, 0.15) is 5.82 Å². The number of nitro benzene ring substituents is 1. The smallest absolute Gasteiger partial charge is 0.311 e. The number of halogens is 1. The van der Waals surface area contributed by atoms with Gasteiger partial charge in [0.25, 0.3) is 0 Å². The first kappa shape index (κ1) is 17.8. The highest BCUT2D eigenvalue weighted by Crippen LogP contribution is 2.33. The third-order valence-corrected chi connectivity index (χ3v) is 4.72. The summed E-state index contributed by atoms with van der Waals surface area (Å²) in [7, 11) is 1.40. The van der Waals surface area contributed by atoms with E-state index in [1.54, 1.807) is 12.1 Å². The number of Topliss-reactive ketones (excluding diaryl/α,β-unsaturated/α-hetero) is 1. The van der Waals surface area contributed by atoms with E-state index < -0.39 is 4.92 Å². The fourth-order valence-electron chi connectivity index (χ4n) is 3.26. The monoisotopic (exact) mass is 358 g/mol. The van der Waals surface area contributed by atoms with E-state index in [0.29, 0.717) is 31.5 Å². The summed E-state index contributed by atoms with van der Waals surface area (Å²) in [6, 6.07) is 10.4. The molecule has 0 radical (unpaired) electrons. The number of hydrogen-bond donors (Lipinski definition) is 0. The molecule has 1 fully saturated rings. The number of carbonyl (C=O) groups excluding carboxylic acids is 1. The largest absolute Gasteiger partial charge is 0.490 e. The summed E-state index contributed by atoms with van der Waals surface area (Å²) in [5, 5.41) is 11.0. The predicted molar refractivity (Wildman–Crippen MR) is 95.3 cm³/mol. The minimum absolute atomic E-state index is 0.0333. The maximum absolute atomic E-state index is 13.0. The van der Waals surface area contributed by atoms with Gasteiger partial charge in [0.05, 0.1) is 12.0 Å². The molecule has 0 unspecified atom stereocenters.